The van der Waals surface area contributed by atoms with Crippen LogP contribution in [0.5, 0.6) is 5.75 Å². The first kappa shape index (κ1) is 19.2. The van der Waals surface area contributed by atoms with Crippen LogP contribution >= 0.6 is 27.7 Å². The third-order valence-corrected chi connectivity index (χ3v) is 5.58. The predicted octanol–water partition coefficient (Wildman–Crippen LogP) is 2.82. The van der Waals surface area contributed by atoms with Crippen LogP contribution in [0.3, 0.4) is 0 Å². The molecule has 0 radical (unpaired) electrons. The lowest BCUT2D eigenvalue weighted by Gasteiger charge is -2.11. The lowest BCUT2D eigenvalue weighted by Crippen LogP contribution is -2.32. The number of thioether (sulfide) groups is 1. The summed E-state index contributed by atoms with van der Waals surface area (Å²) in [6, 6.07) is 5.17. The second-order valence-corrected chi connectivity index (χ2v) is 7.80. The Morgan fingerprint density at radius 3 is 3.08 bits per heavy atom. The van der Waals surface area contributed by atoms with Gasteiger partial charge in [0.25, 0.3) is 0 Å². The van der Waals surface area contributed by atoms with Gasteiger partial charge in [-0.15, -0.1) is 10.2 Å². The summed E-state index contributed by atoms with van der Waals surface area (Å²) >= 11 is 4.74. The number of hydrogen-bond donors (Lipinski definition) is 2. The fraction of sp³-hybridized carbons (Fsp3) is 0.471. The summed E-state index contributed by atoms with van der Waals surface area (Å²) in [6.45, 7) is 3.94. The van der Waals surface area contributed by atoms with Gasteiger partial charge in [0.1, 0.15) is 5.75 Å². The lowest BCUT2D eigenvalue weighted by atomic mass is 10.2. The van der Waals surface area contributed by atoms with E-state index in [1.54, 1.807) is 18.2 Å². The Kier molecular flexibility index (Phi) is 6.55. The molecule has 1 amide bonds. The molecule has 1 aromatic carbocycles. The molecule has 1 aromatic heterocycles. The summed E-state index contributed by atoms with van der Waals surface area (Å²) in [4.78, 5) is 12.1. The second kappa shape index (κ2) is 8.88. The predicted molar refractivity (Wildman–Crippen MR) is 103 cm³/mol. The highest BCUT2D eigenvalue weighted by Gasteiger charge is 2.19. The average Bonchev–Trinajstić information content (AvgIpc) is 3.29. The molecule has 1 fully saturated rings. The number of aromatic nitrogens is 3. The maximum absolute atomic E-state index is 12.1. The van der Waals surface area contributed by atoms with Crippen molar-refractivity contribution in [2.75, 3.05) is 18.9 Å². The molecule has 7 nitrogen and oxygen atoms in total. The molecule has 1 aliphatic heterocycles. The van der Waals surface area contributed by atoms with Gasteiger partial charge in [0.15, 0.2) is 11.0 Å². The number of halogens is 1. The van der Waals surface area contributed by atoms with Crippen LogP contribution in [0.15, 0.2) is 27.8 Å². The van der Waals surface area contributed by atoms with Crippen molar-refractivity contribution < 1.29 is 14.6 Å². The average molecular weight is 441 g/mol. The fourth-order valence-electron chi connectivity index (χ4n) is 2.78. The van der Waals surface area contributed by atoms with Crippen LogP contribution in [-0.4, -0.2) is 50.8 Å². The van der Waals surface area contributed by atoms with Gasteiger partial charge in [-0.05, 0) is 38.0 Å². The summed E-state index contributed by atoms with van der Waals surface area (Å²) in [6.07, 6.45) is 2.19. The number of nitrogens with one attached hydrogen (secondary N) is 1. The molecule has 2 aromatic rings. The topological polar surface area (TPSA) is 89.3 Å². The number of carbonyl (C=O) groups excluding carboxylic acids is 1. The van der Waals surface area contributed by atoms with Crippen LogP contribution in [0.2, 0.25) is 0 Å². The number of phenolic OH excluding ortho intramolecular Hbond substituents is 1. The third-order valence-electron chi connectivity index (χ3n) is 4.12. The van der Waals surface area contributed by atoms with Crippen molar-refractivity contribution in [3.63, 3.8) is 0 Å². The van der Waals surface area contributed by atoms with E-state index < -0.39 is 0 Å². The SMILES string of the molecule is CCn1c(SCC(=O)NCC2CCCO2)nnc1-c1cc(Br)ccc1O. The lowest BCUT2D eigenvalue weighted by molar-refractivity contribution is -0.119. The van der Waals surface area contributed by atoms with Gasteiger partial charge in [-0.1, -0.05) is 27.7 Å². The number of aromatic hydroxyl groups is 1. The first-order valence-corrected chi connectivity index (χ1v) is 10.3. The molecule has 1 atom stereocenters. The molecule has 1 saturated heterocycles. The fourth-order valence-corrected chi connectivity index (χ4v) is 3.97. The zero-order valence-electron chi connectivity index (χ0n) is 14.4. The van der Waals surface area contributed by atoms with E-state index in [1.165, 1.54) is 11.8 Å². The van der Waals surface area contributed by atoms with Crippen molar-refractivity contribution >= 4 is 33.6 Å². The Labute approximate surface area is 164 Å². The maximum atomic E-state index is 12.1. The smallest absolute Gasteiger partial charge is 0.230 e. The monoisotopic (exact) mass is 440 g/mol. The van der Waals surface area contributed by atoms with Gasteiger partial charge >= 0.3 is 0 Å². The minimum Gasteiger partial charge on any atom is -0.507 e. The van der Waals surface area contributed by atoms with Gasteiger partial charge in [-0.2, -0.15) is 0 Å². The number of phenols is 1. The molecule has 0 bridgehead atoms. The molecule has 9 heteroatoms. The number of nitrogens with zero attached hydrogens (tertiary/aromatic N) is 3. The second-order valence-electron chi connectivity index (χ2n) is 5.94. The summed E-state index contributed by atoms with van der Waals surface area (Å²) in [5, 5.41) is 22.1. The number of amides is 1. The van der Waals surface area contributed by atoms with Gasteiger partial charge in [0.05, 0.1) is 17.4 Å². The van der Waals surface area contributed by atoms with Crippen molar-refractivity contribution in [3.05, 3.63) is 22.7 Å². The van der Waals surface area contributed by atoms with E-state index in [9.17, 15) is 9.90 Å². The highest BCUT2D eigenvalue weighted by molar-refractivity contribution is 9.10. The summed E-state index contributed by atoms with van der Waals surface area (Å²) < 4.78 is 8.23. The van der Waals surface area contributed by atoms with E-state index in [2.05, 4.69) is 31.4 Å². The zero-order chi connectivity index (χ0) is 18.5. The molecule has 0 saturated carbocycles. The van der Waals surface area contributed by atoms with Crippen molar-refractivity contribution in [1.82, 2.24) is 20.1 Å². The van der Waals surface area contributed by atoms with Crippen LogP contribution in [-0.2, 0) is 16.1 Å². The molecule has 0 spiro atoms. The van der Waals surface area contributed by atoms with Gasteiger partial charge in [0.2, 0.25) is 5.91 Å². The molecule has 1 aliphatic rings. The molecule has 26 heavy (non-hydrogen) atoms. The summed E-state index contributed by atoms with van der Waals surface area (Å²) in [5.74, 6) is 0.924. The van der Waals surface area contributed by atoms with E-state index >= 15 is 0 Å². The van der Waals surface area contributed by atoms with Crippen LogP contribution < -0.4 is 5.32 Å². The molecular weight excluding hydrogens is 420 g/mol. The maximum Gasteiger partial charge on any atom is 0.230 e. The van der Waals surface area contributed by atoms with Crippen LogP contribution in [0.25, 0.3) is 11.4 Å². The van der Waals surface area contributed by atoms with Crippen molar-refractivity contribution in [2.45, 2.75) is 37.6 Å². The molecular formula is C17H21BrN4O3S. The summed E-state index contributed by atoms with van der Waals surface area (Å²) in [5.41, 5.74) is 0.600. The Morgan fingerprint density at radius 1 is 1.50 bits per heavy atom. The van der Waals surface area contributed by atoms with E-state index in [0.717, 1.165) is 23.9 Å². The number of hydrogen-bond acceptors (Lipinski definition) is 6. The largest absolute Gasteiger partial charge is 0.507 e. The van der Waals surface area contributed by atoms with Crippen LogP contribution in [0.1, 0.15) is 19.8 Å². The van der Waals surface area contributed by atoms with Gasteiger partial charge in [-0.25, -0.2) is 0 Å². The zero-order valence-corrected chi connectivity index (χ0v) is 16.8. The number of ether oxygens (including phenoxy) is 1. The van der Waals surface area contributed by atoms with Gasteiger partial charge in [0, 0.05) is 24.2 Å². The minimum absolute atomic E-state index is 0.0528. The molecule has 2 N–H and O–H groups in total. The Morgan fingerprint density at radius 2 is 2.35 bits per heavy atom. The summed E-state index contributed by atoms with van der Waals surface area (Å²) in [7, 11) is 0. The molecule has 1 unspecified atom stereocenters. The minimum atomic E-state index is -0.0528. The van der Waals surface area contributed by atoms with E-state index in [1.807, 2.05) is 11.5 Å². The number of carbonyl (C=O) groups is 1. The van der Waals surface area contributed by atoms with Crippen LogP contribution in [0.4, 0.5) is 0 Å². The third kappa shape index (κ3) is 4.57. The van der Waals surface area contributed by atoms with Crippen molar-refractivity contribution in [3.8, 4) is 17.1 Å². The van der Waals surface area contributed by atoms with E-state index in [0.29, 0.717) is 29.6 Å². The standard InChI is InChI=1S/C17H21BrN4O3S/c1-2-22-16(13-8-11(18)5-6-14(13)23)20-21-17(22)26-10-15(24)19-9-12-4-3-7-25-12/h5-6,8,12,23H,2-4,7,9-10H2,1H3,(H,19,24). The number of rotatable bonds is 7. The van der Waals surface area contributed by atoms with Crippen molar-refractivity contribution in [1.29, 1.82) is 0 Å². The molecule has 140 valence electrons. The quantitative estimate of drug-likeness (QED) is 0.643. The first-order valence-electron chi connectivity index (χ1n) is 8.51. The Hall–Kier alpha value is -1.58. The Bertz CT molecular complexity index is 777. The van der Waals surface area contributed by atoms with Gasteiger partial charge in [-0.3, -0.25) is 4.79 Å². The number of benzene rings is 1. The van der Waals surface area contributed by atoms with Gasteiger partial charge < -0.3 is 19.7 Å². The van der Waals surface area contributed by atoms with Crippen LogP contribution in [0, 0.1) is 0 Å². The highest BCUT2D eigenvalue weighted by Crippen LogP contribution is 2.32. The van der Waals surface area contributed by atoms with E-state index in [4.69, 9.17) is 4.74 Å². The highest BCUT2D eigenvalue weighted by atomic mass is 79.9. The molecule has 2 heterocycles. The van der Waals surface area contributed by atoms with Crippen molar-refractivity contribution in [2.24, 2.45) is 0 Å². The first-order chi connectivity index (χ1) is 12.6. The Balaban J connectivity index is 1.64. The normalized spacial score (nSPS) is 16.8. The molecule has 0 aliphatic carbocycles. The van der Waals surface area contributed by atoms with E-state index in [-0.39, 0.29) is 23.5 Å². The molecule has 3 rings (SSSR count).